The monoisotopic (exact) mass is 836 g/mol. The molecule has 0 aromatic heterocycles. The fourth-order valence-corrected chi connectivity index (χ4v) is 13.6. The van der Waals surface area contributed by atoms with Crippen molar-refractivity contribution in [3.8, 4) is 11.1 Å². The third kappa shape index (κ3) is 9.19. The van der Waals surface area contributed by atoms with Crippen molar-refractivity contribution in [1.29, 1.82) is 0 Å². The Hall–Kier alpha value is -3.91. The van der Waals surface area contributed by atoms with Gasteiger partial charge in [-0.15, -0.1) is 0 Å². The number of fused-ring (bicyclic) bond motifs is 8. The van der Waals surface area contributed by atoms with Crippen LogP contribution in [0.1, 0.15) is 129 Å². The third-order valence-corrected chi connectivity index (χ3v) is 16.3. The normalized spacial score (nSPS) is 31.1. The van der Waals surface area contributed by atoms with Crippen LogP contribution in [0.15, 0.2) is 115 Å². The lowest BCUT2D eigenvalue weighted by Gasteiger charge is -2.58. The van der Waals surface area contributed by atoms with E-state index in [1.165, 1.54) is 44.1 Å². The van der Waals surface area contributed by atoms with Gasteiger partial charge >= 0.3 is 0 Å². The molecule has 5 atom stereocenters. The maximum Gasteiger partial charge on any atom is 0.193 e. The summed E-state index contributed by atoms with van der Waals surface area (Å²) in [4.78, 5) is 17.7. The average molecular weight is 836 g/mol. The molecule has 11 rings (SSSR count). The number of carbonyl (C=O) groups excluding carboxylic acids is 1. The van der Waals surface area contributed by atoms with E-state index in [0.29, 0.717) is 50.1 Å². The largest absolute Gasteiger partial charge is 0.393 e. The first-order valence-electron chi connectivity index (χ1n) is 23.9. The first-order chi connectivity index (χ1) is 30.0. The van der Waals surface area contributed by atoms with Gasteiger partial charge in [0.25, 0.3) is 0 Å². The second-order valence-electron chi connectivity index (χ2n) is 20.9. The number of ether oxygens (including phenoxy) is 1. The molecular weight excluding hydrogens is 767 g/mol. The molecule has 0 unspecified atom stereocenters. The molecule has 0 amide bonds. The average Bonchev–Trinajstić information content (AvgIpc) is 3.50. The predicted octanol–water partition coefficient (Wildman–Crippen LogP) is 10.7. The van der Waals surface area contributed by atoms with Crippen molar-refractivity contribution >= 4 is 5.78 Å². The van der Waals surface area contributed by atoms with E-state index in [0.717, 1.165) is 77.8 Å². The van der Waals surface area contributed by atoms with Crippen LogP contribution in [-0.4, -0.2) is 70.1 Å². The van der Waals surface area contributed by atoms with E-state index in [2.05, 4.69) is 67.3 Å². The number of rotatable bonds is 13. The van der Waals surface area contributed by atoms with E-state index in [1.54, 1.807) is 0 Å². The van der Waals surface area contributed by atoms with E-state index in [-0.39, 0.29) is 23.7 Å². The first kappa shape index (κ1) is 43.3. The summed E-state index contributed by atoms with van der Waals surface area (Å²) in [5.74, 6) is 2.33. The number of hydrogen-bond acceptors (Lipinski definition) is 6. The van der Waals surface area contributed by atoms with Gasteiger partial charge in [-0.25, -0.2) is 0 Å². The second kappa shape index (κ2) is 18.3. The molecule has 0 aliphatic heterocycles. The molecule has 3 N–H and O–H groups in total. The molecular formula is C56H69NO5. The summed E-state index contributed by atoms with van der Waals surface area (Å²) in [6.45, 7) is 6.99. The van der Waals surface area contributed by atoms with Crippen molar-refractivity contribution in [2.75, 3.05) is 26.2 Å². The summed E-state index contributed by atoms with van der Waals surface area (Å²) in [7, 11) is 0. The minimum Gasteiger partial charge on any atom is -0.393 e. The highest BCUT2D eigenvalue weighted by Crippen LogP contribution is 2.62. The number of hydrogen-bond donors (Lipinski definition) is 3. The zero-order chi connectivity index (χ0) is 42.9. The standard InChI is InChI=1S/C56H69NO5/c1-39-12-11-24-54(2)52(49-22-20-41(29-46(58)21-19-39)30-51(49)53(60)50-18-10-9-17-48(50)45-15-7-4-8-16-45)23-25-56(54,61)38-57(34-47(59)36-62-35-40-13-5-3-6-14-40)37-55-31-42-26-43(32-55)28-44(27-42)33-55/h3-10,12-18,20,22,30,42-44,46-47,52,58-59,61H,11,19,21,23-29,31-38H2,1-2H3/t42?,43?,44?,46-,47+,52-,54-,55?,56+/m0/s1. The molecule has 62 heavy (non-hydrogen) atoms. The lowest BCUT2D eigenvalue weighted by atomic mass is 9.49. The summed E-state index contributed by atoms with van der Waals surface area (Å²) >= 11 is 0. The number of ketones is 1. The van der Waals surface area contributed by atoms with Crippen molar-refractivity contribution in [3.05, 3.63) is 143 Å². The number of allylic oxidation sites excluding steroid dienone is 2. The smallest absolute Gasteiger partial charge is 0.193 e. The van der Waals surface area contributed by atoms with Gasteiger partial charge in [0.1, 0.15) is 0 Å². The highest BCUT2D eigenvalue weighted by molar-refractivity contribution is 6.13. The highest BCUT2D eigenvalue weighted by Gasteiger charge is 2.58. The van der Waals surface area contributed by atoms with Gasteiger partial charge in [-0.1, -0.05) is 116 Å². The van der Waals surface area contributed by atoms with Crippen LogP contribution < -0.4 is 0 Å². The van der Waals surface area contributed by atoms with Gasteiger partial charge in [-0.2, -0.15) is 0 Å². The van der Waals surface area contributed by atoms with Crippen LogP contribution in [0.25, 0.3) is 11.1 Å². The first-order valence-corrected chi connectivity index (χ1v) is 23.9. The Balaban J connectivity index is 1.06. The van der Waals surface area contributed by atoms with Gasteiger partial charge in [0.2, 0.25) is 0 Å². The Morgan fingerprint density at radius 3 is 2.23 bits per heavy atom. The lowest BCUT2D eigenvalue weighted by molar-refractivity contribution is -0.115. The summed E-state index contributed by atoms with van der Waals surface area (Å²) in [6, 6.07) is 34.6. The summed E-state index contributed by atoms with van der Waals surface area (Å²) < 4.78 is 6.12. The van der Waals surface area contributed by atoms with Gasteiger partial charge in [0, 0.05) is 36.2 Å². The second-order valence-corrected chi connectivity index (χ2v) is 20.9. The minimum atomic E-state index is -1.07. The highest BCUT2D eigenvalue weighted by atomic mass is 16.5. The van der Waals surface area contributed by atoms with Crippen LogP contribution in [0.4, 0.5) is 0 Å². The molecule has 5 saturated carbocycles. The third-order valence-electron chi connectivity index (χ3n) is 16.3. The Morgan fingerprint density at radius 2 is 1.50 bits per heavy atom. The van der Waals surface area contributed by atoms with E-state index in [4.69, 9.17) is 4.74 Å². The zero-order valence-electron chi connectivity index (χ0n) is 37.2. The van der Waals surface area contributed by atoms with Gasteiger partial charge in [0.15, 0.2) is 5.78 Å². The molecule has 4 aromatic carbocycles. The minimum absolute atomic E-state index is 0.0153. The lowest BCUT2D eigenvalue weighted by Crippen LogP contribution is -2.57. The Kier molecular flexibility index (Phi) is 12.8. The maximum absolute atomic E-state index is 15.2. The molecule has 6 nitrogen and oxygen atoms in total. The Morgan fingerprint density at radius 1 is 0.823 bits per heavy atom. The number of benzene rings is 4. The van der Waals surface area contributed by atoms with Crippen LogP contribution >= 0.6 is 0 Å². The molecule has 0 heterocycles. The SMILES string of the molecule is CC1=CCC[C@@]2(C)[C@@H](CC[C@@]2(O)CN(C[C@@H](O)COCc2ccccc2)CC23CC4CC(CC(C4)C2)C3)c2ccc(cc2C(=O)c2ccccc2-c2ccccc2)C[C@@H](O)CC1. The number of nitrogens with zero attached hydrogens (tertiary/aromatic N) is 1. The molecule has 6 heteroatoms. The number of aliphatic hydroxyl groups excluding tert-OH is 2. The molecule has 0 saturated heterocycles. The zero-order valence-corrected chi connectivity index (χ0v) is 37.2. The summed E-state index contributed by atoms with van der Waals surface area (Å²) in [5, 5.41) is 36.5. The van der Waals surface area contributed by atoms with Crippen molar-refractivity contribution < 1.29 is 24.9 Å². The fraction of sp³-hybridized carbons (Fsp3) is 0.518. The molecule has 7 aliphatic rings. The molecule has 328 valence electrons. The van der Waals surface area contributed by atoms with E-state index < -0.39 is 23.2 Å². The van der Waals surface area contributed by atoms with Crippen LogP contribution in [0, 0.1) is 28.6 Å². The molecule has 0 spiro atoms. The van der Waals surface area contributed by atoms with E-state index >= 15 is 4.79 Å². The van der Waals surface area contributed by atoms with E-state index in [9.17, 15) is 15.3 Å². The van der Waals surface area contributed by atoms with Crippen LogP contribution in [0.3, 0.4) is 0 Å². The van der Waals surface area contributed by atoms with Crippen LogP contribution in [-0.2, 0) is 17.8 Å². The molecule has 5 fully saturated rings. The quantitative estimate of drug-likeness (QED) is 0.0918. The van der Waals surface area contributed by atoms with Crippen LogP contribution in [0.5, 0.6) is 0 Å². The summed E-state index contributed by atoms with van der Waals surface area (Å²) in [6.07, 6.45) is 13.9. The van der Waals surface area contributed by atoms with Crippen molar-refractivity contribution in [2.45, 2.75) is 128 Å². The molecule has 0 radical (unpaired) electrons. The van der Waals surface area contributed by atoms with Gasteiger partial charge in [-0.3, -0.25) is 9.69 Å². The topological polar surface area (TPSA) is 90.2 Å². The Labute approximate surface area is 370 Å². The van der Waals surface area contributed by atoms with Crippen molar-refractivity contribution in [1.82, 2.24) is 4.90 Å². The fourth-order valence-electron chi connectivity index (χ4n) is 13.6. The van der Waals surface area contributed by atoms with Crippen molar-refractivity contribution in [3.63, 3.8) is 0 Å². The molecule has 7 aliphatic carbocycles. The molecule has 4 aromatic rings. The predicted molar refractivity (Wildman–Crippen MR) is 248 cm³/mol. The molecule has 6 bridgehead atoms. The number of carbonyl (C=O) groups is 1. The number of aliphatic hydroxyl groups is 3. The van der Waals surface area contributed by atoms with Crippen LogP contribution in [0.2, 0.25) is 0 Å². The van der Waals surface area contributed by atoms with Crippen molar-refractivity contribution in [2.24, 2.45) is 28.6 Å². The maximum atomic E-state index is 15.2. The summed E-state index contributed by atoms with van der Waals surface area (Å²) in [5.41, 5.74) is 6.15. The van der Waals surface area contributed by atoms with Gasteiger partial charge in [-0.05, 0) is 153 Å². The van der Waals surface area contributed by atoms with Gasteiger partial charge < -0.3 is 20.1 Å². The Bertz CT molecular complexity index is 2160. The van der Waals surface area contributed by atoms with E-state index in [1.807, 2.05) is 60.7 Å². The van der Waals surface area contributed by atoms with Gasteiger partial charge in [0.05, 0.1) is 31.0 Å².